The molecule has 0 saturated carbocycles. The molecular weight excluding hydrogens is 479 g/mol. The van der Waals surface area contributed by atoms with Crippen molar-refractivity contribution in [3.05, 3.63) is 59.2 Å². The fourth-order valence-corrected chi connectivity index (χ4v) is 2.62. The molecule has 5 nitrogen and oxygen atoms in total. The molecule has 154 valence electrons. The highest BCUT2D eigenvalue weighted by atomic mass is 127. The van der Waals surface area contributed by atoms with Crippen LogP contribution in [0.5, 0.6) is 11.5 Å². The second-order valence-corrected chi connectivity index (χ2v) is 5.88. The van der Waals surface area contributed by atoms with Crippen molar-refractivity contribution in [3.8, 4) is 11.5 Å². The molecule has 1 unspecified atom stereocenters. The summed E-state index contributed by atoms with van der Waals surface area (Å²) in [6.45, 7) is 4.72. The predicted molar refractivity (Wildman–Crippen MR) is 118 cm³/mol. The molecule has 2 aromatic carbocycles. The van der Waals surface area contributed by atoms with Gasteiger partial charge in [-0.2, -0.15) is 0 Å². The molecule has 0 amide bonds. The van der Waals surface area contributed by atoms with Crippen LogP contribution < -0.4 is 20.1 Å². The van der Waals surface area contributed by atoms with Gasteiger partial charge in [0.1, 0.15) is 11.6 Å². The molecule has 0 aliphatic heterocycles. The third-order valence-corrected chi connectivity index (χ3v) is 3.99. The molecule has 0 heterocycles. The average Bonchev–Trinajstić information content (AvgIpc) is 2.65. The van der Waals surface area contributed by atoms with E-state index < -0.39 is 11.6 Å². The fraction of sp³-hybridized carbons (Fsp3) is 0.350. The van der Waals surface area contributed by atoms with Gasteiger partial charge in [-0.1, -0.05) is 12.1 Å². The highest BCUT2D eigenvalue weighted by Gasteiger charge is 2.13. The Kier molecular flexibility index (Phi) is 9.98. The Bertz CT molecular complexity index is 803. The van der Waals surface area contributed by atoms with Crippen molar-refractivity contribution >= 4 is 29.9 Å². The van der Waals surface area contributed by atoms with E-state index in [1.165, 1.54) is 12.1 Å². The SMILES string of the molecule is CCOc1cc(CNC(=NC)NC(C)c2ccc(F)cc2F)ccc1OC.I. The molecule has 0 aromatic heterocycles. The number of nitrogens with zero attached hydrogens (tertiary/aromatic N) is 1. The molecule has 1 atom stereocenters. The zero-order valence-corrected chi connectivity index (χ0v) is 18.7. The van der Waals surface area contributed by atoms with E-state index >= 15 is 0 Å². The zero-order chi connectivity index (χ0) is 19.8. The van der Waals surface area contributed by atoms with Gasteiger partial charge in [-0.05, 0) is 37.6 Å². The quantitative estimate of drug-likeness (QED) is 0.333. The van der Waals surface area contributed by atoms with Crippen molar-refractivity contribution < 1.29 is 18.3 Å². The average molecular weight is 505 g/mol. The van der Waals surface area contributed by atoms with Crippen LogP contribution in [-0.2, 0) is 6.54 Å². The van der Waals surface area contributed by atoms with E-state index in [-0.39, 0.29) is 30.0 Å². The third kappa shape index (κ3) is 6.50. The molecule has 0 spiro atoms. The normalized spacial score (nSPS) is 12.0. The summed E-state index contributed by atoms with van der Waals surface area (Å²) in [5.41, 5.74) is 1.34. The first-order valence-electron chi connectivity index (χ1n) is 8.70. The van der Waals surface area contributed by atoms with Crippen molar-refractivity contribution in [2.45, 2.75) is 26.4 Å². The van der Waals surface area contributed by atoms with Crippen molar-refractivity contribution in [1.82, 2.24) is 10.6 Å². The van der Waals surface area contributed by atoms with E-state index in [1.54, 1.807) is 21.1 Å². The van der Waals surface area contributed by atoms with Gasteiger partial charge in [0.05, 0.1) is 19.8 Å². The second kappa shape index (κ2) is 11.7. The van der Waals surface area contributed by atoms with E-state index in [2.05, 4.69) is 15.6 Å². The first-order chi connectivity index (χ1) is 13.0. The Balaban J connectivity index is 0.00000392. The zero-order valence-electron chi connectivity index (χ0n) is 16.4. The summed E-state index contributed by atoms with van der Waals surface area (Å²) in [6, 6.07) is 8.81. The molecule has 28 heavy (non-hydrogen) atoms. The first-order valence-corrected chi connectivity index (χ1v) is 8.70. The van der Waals surface area contributed by atoms with Crippen LogP contribution in [0.3, 0.4) is 0 Å². The Morgan fingerprint density at radius 2 is 1.89 bits per heavy atom. The Morgan fingerprint density at radius 3 is 2.50 bits per heavy atom. The highest BCUT2D eigenvalue weighted by molar-refractivity contribution is 14.0. The lowest BCUT2D eigenvalue weighted by molar-refractivity contribution is 0.310. The van der Waals surface area contributed by atoms with Crippen molar-refractivity contribution in [1.29, 1.82) is 0 Å². The van der Waals surface area contributed by atoms with Crippen LogP contribution in [0.15, 0.2) is 41.4 Å². The largest absolute Gasteiger partial charge is 0.493 e. The van der Waals surface area contributed by atoms with Gasteiger partial charge in [-0.15, -0.1) is 24.0 Å². The van der Waals surface area contributed by atoms with Crippen molar-refractivity contribution in [2.75, 3.05) is 20.8 Å². The van der Waals surface area contributed by atoms with Crippen LogP contribution in [0.25, 0.3) is 0 Å². The highest BCUT2D eigenvalue weighted by Crippen LogP contribution is 2.28. The summed E-state index contributed by atoms with van der Waals surface area (Å²) in [7, 11) is 3.22. The molecule has 0 saturated heterocycles. The van der Waals surface area contributed by atoms with Crippen LogP contribution in [0.4, 0.5) is 8.78 Å². The molecule has 0 radical (unpaired) electrons. The lowest BCUT2D eigenvalue weighted by Gasteiger charge is -2.19. The van der Waals surface area contributed by atoms with E-state index in [1.807, 2.05) is 25.1 Å². The summed E-state index contributed by atoms with van der Waals surface area (Å²) in [6.07, 6.45) is 0. The number of rotatable bonds is 7. The molecular formula is C20H26F2IN3O2. The third-order valence-electron chi connectivity index (χ3n) is 3.99. The molecule has 0 bridgehead atoms. The maximum Gasteiger partial charge on any atom is 0.191 e. The number of guanidine groups is 1. The van der Waals surface area contributed by atoms with Crippen molar-refractivity contribution in [2.24, 2.45) is 4.99 Å². The monoisotopic (exact) mass is 505 g/mol. The molecule has 2 N–H and O–H groups in total. The van der Waals surface area contributed by atoms with Crippen LogP contribution in [0.2, 0.25) is 0 Å². The maximum absolute atomic E-state index is 13.9. The van der Waals surface area contributed by atoms with E-state index in [0.717, 1.165) is 11.6 Å². The van der Waals surface area contributed by atoms with Gasteiger partial charge in [0.25, 0.3) is 0 Å². The molecule has 0 aliphatic rings. The number of halogens is 3. The van der Waals surface area contributed by atoms with E-state index in [0.29, 0.717) is 36.2 Å². The summed E-state index contributed by atoms with van der Waals surface area (Å²) >= 11 is 0. The first kappa shape index (κ1) is 23.9. The number of aliphatic imine (C=N–C) groups is 1. The summed E-state index contributed by atoms with van der Waals surface area (Å²) in [4.78, 5) is 4.15. The smallest absolute Gasteiger partial charge is 0.191 e. The summed E-state index contributed by atoms with van der Waals surface area (Å²) in [5.74, 6) is 0.644. The number of benzene rings is 2. The molecule has 2 rings (SSSR count). The Morgan fingerprint density at radius 1 is 1.14 bits per heavy atom. The molecule has 8 heteroatoms. The lowest BCUT2D eigenvalue weighted by atomic mass is 10.1. The Hall–Kier alpha value is -2.10. The molecule has 0 fully saturated rings. The van der Waals surface area contributed by atoms with Gasteiger partial charge in [0.15, 0.2) is 17.5 Å². The summed E-state index contributed by atoms with van der Waals surface area (Å²) < 4.78 is 37.9. The maximum atomic E-state index is 13.9. The number of nitrogens with one attached hydrogen (secondary N) is 2. The van der Waals surface area contributed by atoms with Crippen molar-refractivity contribution in [3.63, 3.8) is 0 Å². The fourth-order valence-electron chi connectivity index (χ4n) is 2.62. The van der Waals surface area contributed by atoms with Crippen LogP contribution >= 0.6 is 24.0 Å². The van der Waals surface area contributed by atoms with Gasteiger partial charge >= 0.3 is 0 Å². The minimum Gasteiger partial charge on any atom is -0.493 e. The van der Waals surface area contributed by atoms with Gasteiger partial charge in [-0.25, -0.2) is 8.78 Å². The summed E-state index contributed by atoms with van der Waals surface area (Å²) in [5, 5.41) is 6.27. The standard InChI is InChI=1S/C20H25F2N3O2.HI/c1-5-27-19-10-14(6-9-18(19)26-4)12-24-20(23-3)25-13(2)16-8-7-15(21)11-17(16)22;/h6-11,13H,5,12H2,1-4H3,(H2,23,24,25);1H. The number of hydrogen-bond acceptors (Lipinski definition) is 3. The van der Waals surface area contributed by atoms with Crippen LogP contribution in [0.1, 0.15) is 31.0 Å². The number of hydrogen-bond donors (Lipinski definition) is 2. The number of methoxy groups -OCH3 is 1. The molecule has 2 aromatic rings. The Labute approximate surface area is 181 Å². The van der Waals surface area contributed by atoms with Gasteiger partial charge < -0.3 is 20.1 Å². The van der Waals surface area contributed by atoms with Gasteiger partial charge in [0.2, 0.25) is 0 Å². The molecule has 0 aliphatic carbocycles. The van der Waals surface area contributed by atoms with Gasteiger partial charge in [0, 0.05) is 25.2 Å². The van der Waals surface area contributed by atoms with E-state index in [9.17, 15) is 8.78 Å². The predicted octanol–water partition coefficient (Wildman–Crippen LogP) is 4.42. The van der Waals surface area contributed by atoms with Gasteiger partial charge in [-0.3, -0.25) is 4.99 Å². The topological polar surface area (TPSA) is 54.9 Å². The minimum atomic E-state index is -0.601. The number of ether oxygens (including phenoxy) is 2. The second-order valence-electron chi connectivity index (χ2n) is 5.88. The van der Waals surface area contributed by atoms with Crippen LogP contribution in [0, 0.1) is 11.6 Å². The minimum absolute atomic E-state index is 0. The van der Waals surface area contributed by atoms with Crippen LogP contribution in [-0.4, -0.2) is 26.7 Å². The van der Waals surface area contributed by atoms with E-state index in [4.69, 9.17) is 9.47 Å². The lowest BCUT2D eigenvalue weighted by Crippen LogP contribution is -2.38.